The van der Waals surface area contributed by atoms with E-state index in [0.717, 1.165) is 16.7 Å². The Balaban J connectivity index is 2.13. The summed E-state index contributed by atoms with van der Waals surface area (Å²) in [6.45, 7) is 2.85. The molecule has 0 aliphatic rings. The average Bonchev–Trinajstić information content (AvgIpc) is 2.37. The molecule has 1 atom stereocenters. The summed E-state index contributed by atoms with van der Waals surface area (Å²) in [6.07, 6.45) is 0. The van der Waals surface area contributed by atoms with Crippen molar-refractivity contribution in [2.75, 3.05) is 19.4 Å². The predicted octanol–water partition coefficient (Wildman–Crippen LogP) is 4.82. The molecule has 0 saturated heterocycles. The fourth-order valence-corrected chi connectivity index (χ4v) is 2.64. The summed E-state index contributed by atoms with van der Waals surface area (Å²) in [7, 11) is 4.08. The maximum absolute atomic E-state index is 14.0. The first-order valence-corrected chi connectivity index (χ1v) is 7.70. The van der Waals surface area contributed by atoms with Crippen molar-refractivity contribution in [1.82, 2.24) is 4.90 Å². The van der Waals surface area contributed by atoms with E-state index in [2.05, 4.69) is 38.3 Å². The van der Waals surface area contributed by atoms with Crippen LogP contribution in [0.5, 0.6) is 0 Å². The Kier molecular flexibility index (Phi) is 5.37. The third-order valence-electron chi connectivity index (χ3n) is 3.24. The van der Waals surface area contributed by atoms with Gasteiger partial charge in [0.25, 0.3) is 0 Å². The first kappa shape index (κ1) is 16.0. The molecule has 0 spiro atoms. The molecule has 0 fully saturated rings. The molecular weight excluding hydrogens is 331 g/mol. The number of hydrogen-bond acceptors (Lipinski definition) is 2. The number of halogens is 2. The van der Waals surface area contributed by atoms with Crippen LogP contribution >= 0.6 is 15.9 Å². The minimum absolute atomic E-state index is 0.0901. The zero-order valence-corrected chi connectivity index (χ0v) is 14.1. The van der Waals surface area contributed by atoms with Crippen molar-refractivity contribution in [2.45, 2.75) is 19.5 Å². The van der Waals surface area contributed by atoms with Gasteiger partial charge in [-0.15, -0.1) is 0 Å². The van der Waals surface area contributed by atoms with Crippen molar-refractivity contribution in [3.05, 3.63) is 63.9 Å². The van der Waals surface area contributed by atoms with Crippen molar-refractivity contribution in [2.24, 2.45) is 0 Å². The largest absolute Gasteiger partial charge is 0.378 e. The molecule has 2 nitrogen and oxygen atoms in total. The highest BCUT2D eigenvalue weighted by molar-refractivity contribution is 9.10. The third kappa shape index (κ3) is 4.55. The lowest BCUT2D eigenvalue weighted by Gasteiger charge is -2.18. The van der Waals surface area contributed by atoms with E-state index in [0.29, 0.717) is 5.56 Å². The zero-order chi connectivity index (χ0) is 15.4. The highest BCUT2D eigenvalue weighted by Crippen LogP contribution is 2.24. The van der Waals surface area contributed by atoms with E-state index in [9.17, 15) is 4.39 Å². The van der Waals surface area contributed by atoms with Crippen LogP contribution in [0.15, 0.2) is 46.9 Å². The lowest BCUT2D eigenvalue weighted by molar-refractivity contribution is 0.402. The van der Waals surface area contributed by atoms with Crippen LogP contribution in [-0.4, -0.2) is 19.0 Å². The van der Waals surface area contributed by atoms with E-state index in [1.165, 1.54) is 11.6 Å². The molecule has 0 aromatic heterocycles. The molecule has 0 bridgehead atoms. The average molecular weight is 351 g/mol. The summed E-state index contributed by atoms with van der Waals surface area (Å²) >= 11 is 3.28. The number of nitrogens with zero attached hydrogens (tertiary/aromatic N) is 1. The number of nitrogens with one attached hydrogen (secondary N) is 1. The van der Waals surface area contributed by atoms with Gasteiger partial charge in [0, 0.05) is 22.3 Å². The molecule has 0 aliphatic heterocycles. The SMILES string of the molecule is CC(Nc1cccc(CN(C)C)c1)c1ccc(Br)cc1F. The Morgan fingerprint density at radius 3 is 2.62 bits per heavy atom. The molecule has 1 N–H and O–H groups in total. The van der Waals surface area contributed by atoms with Crippen molar-refractivity contribution >= 4 is 21.6 Å². The van der Waals surface area contributed by atoms with Gasteiger partial charge in [0.1, 0.15) is 5.82 Å². The van der Waals surface area contributed by atoms with Gasteiger partial charge in [0.05, 0.1) is 6.04 Å². The van der Waals surface area contributed by atoms with Crippen molar-refractivity contribution in [3.8, 4) is 0 Å². The highest BCUT2D eigenvalue weighted by atomic mass is 79.9. The van der Waals surface area contributed by atoms with Gasteiger partial charge < -0.3 is 10.2 Å². The van der Waals surface area contributed by atoms with E-state index in [4.69, 9.17) is 0 Å². The predicted molar refractivity (Wildman–Crippen MR) is 90.0 cm³/mol. The van der Waals surface area contributed by atoms with Crippen molar-refractivity contribution in [3.63, 3.8) is 0 Å². The Morgan fingerprint density at radius 1 is 1.19 bits per heavy atom. The normalized spacial score (nSPS) is 12.5. The van der Waals surface area contributed by atoms with Gasteiger partial charge in [0.15, 0.2) is 0 Å². The van der Waals surface area contributed by atoms with Crippen LogP contribution in [-0.2, 0) is 6.54 Å². The summed E-state index contributed by atoms with van der Waals surface area (Å²) in [5.74, 6) is -0.200. The summed E-state index contributed by atoms with van der Waals surface area (Å²) in [6, 6.07) is 13.3. The van der Waals surface area contributed by atoms with Gasteiger partial charge in [-0.05, 0) is 50.8 Å². The molecular formula is C17H20BrFN2. The second-order valence-corrected chi connectivity index (χ2v) is 6.39. The molecule has 1 unspecified atom stereocenters. The minimum Gasteiger partial charge on any atom is -0.378 e. The summed E-state index contributed by atoms with van der Waals surface area (Å²) in [5.41, 5.74) is 2.90. The second kappa shape index (κ2) is 7.05. The number of anilines is 1. The maximum Gasteiger partial charge on any atom is 0.129 e. The smallest absolute Gasteiger partial charge is 0.129 e. The van der Waals surface area contributed by atoms with Crippen molar-refractivity contribution in [1.29, 1.82) is 0 Å². The summed E-state index contributed by atoms with van der Waals surface area (Å²) in [5, 5.41) is 3.36. The third-order valence-corrected chi connectivity index (χ3v) is 3.73. The highest BCUT2D eigenvalue weighted by Gasteiger charge is 2.11. The summed E-state index contributed by atoms with van der Waals surface area (Å²) < 4.78 is 14.7. The minimum atomic E-state index is -0.200. The first-order chi connectivity index (χ1) is 9.95. The van der Waals surface area contributed by atoms with Gasteiger partial charge in [0.2, 0.25) is 0 Å². The Morgan fingerprint density at radius 2 is 1.95 bits per heavy atom. The van der Waals surface area contributed by atoms with Gasteiger partial charge in [-0.2, -0.15) is 0 Å². The second-order valence-electron chi connectivity index (χ2n) is 5.47. The fraction of sp³-hybridized carbons (Fsp3) is 0.294. The molecule has 2 aromatic rings. The fourth-order valence-electron chi connectivity index (χ4n) is 2.31. The van der Waals surface area contributed by atoms with Gasteiger partial charge in [-0.25, -0.2) is 4.39 Å². The van der Waals surface area contributed by atoms with Crippen LogP contribution in [0.4, 0.5) is 10.1 Å². The molecule has 0 heterocycles. The van der Waals surface area contributed by atoms with Gasteiger partial charge >= 0.3 is 0 Å². The molecule has 0 saturated carbocycles. The first-order valence-electron chi connectivity index (χ1n) is 6.91. The van der Waals surface area contributed by atoms with Crippen molar-refractivity contribution < 1.29 is 4.39 Å². The maximum atomic E-state index is 14.0. The van der Waals surface area contributed by atoms with Crippen LogP contribution < -0.4 is 5.32 Å². The number of hydrogen-bond donors (Lipinski definition) is 1. The number of benzene rings is 2. The zero-order valence-electron chi connectivity index (χ0n) is 12.5. The van der Waals surface area contributed by atoms with E-state index >= 15 is 0 Å². The van der Waals surface area contributed by atoms with Crippen LogP contribution in [0.1, 0.15) is 24.1 Å². The monoisotopic (exact) mass is 350 g/mol. The van der Waals surface area contributed by atoms with E-state index in [-0.39, 0.29) is 11.9 Å². The molecule has 0 amide bonds. The van der Waals surface area contributed by atoms with E-state index < -0.39 is 0 Å². The number of rotatable bonds is 5. The van der Waals surface area contributed by atoms with E-state index in [1.54, 1.807) is 6.07 Å². The van der Waals surface area contributed by atoms with Crippen LogP contribution in [0.2, 0.25) is 0 Å². The quantitative estimate of drug-likeness (QED) is 0.831. The molecule has 2 aromatic carbocycles. The molecule has 0 aliphatic carbocycles. The van der Waals surface area contributed by atoms with Crippen LogP contribution in [0.25, 0.3) is 0 Å². The summed E-state index contributed by atoms with van der Waals surface area (Å²) in [4.78, 5) is 2.12. The Labute approximate surface area is 134 Å². The Bertz CT molecular complexity index is 613. The molecule has 21 heavy (non-hydrogen) atoms. The Hall–Kier alpha value is -1.39. The topological polar surface area (TPSA) is 15.3 Å². The van der Waals surface area contributed by atoms with Crippen LogP contribution in [0.3, 0.4) is 0 Å². The van der Waals surface area contributed by atoms with Gasteiger partial charge in [-0.1, -0.05) is 34.1 Å². The van der Waals surface area contributed by atoms with Gasteiger partial charge in [-0.3, -0.25) is 0 Å². The molecule has 4 heteroatoms. The molecule has 2 rings (SSSR count). The standard InChI is InChI=1S/C17H20BrFN2/c1-12(16-8-7-14(18)10-17(16)19)20-15-6-4-5-13(9-15)11-21(2)3/h4-10,12,20H,11H2,1-3H3. The molecule has 0 radical (unpaired) electrons. The lowest BCUT2D eigenvalue weighted by atomic mass is 10.1. The van der Waals surface area contributed by atoms with E-state index in [1.807, 2.05) is 39.2 Å². The lowest BCUT2D eigenvalue weighted by Crippen LogP contribution is -2.12. The van der Waals surface area contributed by atoms with Crippen LogP contribution in [0, 0.1) is 5.82 Å². The molecule has 112 valence electrons.